The first-order chi connectivity index (χ1) is 9.50. The molecule has 0 aliphatic heterocycles. The van der Waals surface area contributed by atoms with Crippen LogP contribution in [0, 0.1) is 0 Å². The molecule has 0 aliphatic carbocycles. The highest BCUT2D eigenvalue weighted by Crippen LogP contribution is 2.29. The molecule has 0 spiro atoms. The van der Waals surface area contributed by atoms with Crippen LogP contribution in [0.15, 0.2) is 22.7 Å². The Labute approximate surface area is 131 Å². The van der Waals surface area contributed by atoms with Crippen molar-refractivity contribution in [2.75, 3.05) is 40.3 Å². The van der Waals surface area contributed by atoms with Crippen LogP contribution in [-0.4, -0.2) is 45.2 Å². The summed E-state index contributed by atoms with van der Waals surface area (Å²) >= 11 is 3.51. The van der Waals surface area contributed by atoms with Crippen molar-refractivity contribution in [3.8, 4) is 5.75 Å². The molecule has 20 heavy (non-hydrogen) atoms. The zero-order valence-corrected chi connectivity index (χ0v) is 14.7. The molecule has 4 heteroatoms. The fourth-order valence-electron chi connectivity index (χ4n) is 1.98. The number of benzene rings is 1. The van der Waals surface area contributed by atoms with Crippen LogP contribution >= 0.6 is 15.9 Å². The van der Waals surface area contributed by atoms with E-state index in [1.165, 1.54) is 12.0 Å². The second-order valence-electron chi connectivity index (χ2n) is 5.59. The zero-order valence-electron chi connectivity index (χ0n) is 13.1. The van der Waals surface area contributed by atoms with Crippen molar-refractivity contribution < 1.29 is 4.74 Å². The van der Waals surface area contributed by atoms with E-state index in [4.69, 9.17) is 4.74 Å². The molecule has 114 valence electrons. The number of nitrogens with zero attached hydrogens (tertiary/aromatic N) is 1. The summed E-state index contributed by atoms with van der Waals surface area (Å²) in [4.78, 5) is 2.20. The van der Waals surface area contributed by atoms with Gasteiger partial charge in [0.05, 0.1) is 0 Å². The Hall–Kier alpha value is -0.580. The van der Waals surface area contributed by atoms with Crippen LogP contribution in [0.5, 0.6) is 5.75 Å². The highest BCUT2D eigenvalue weighted by Gasteiger charge is 2.08. The molecule has 1 aromatic rings. The van der Waals surface area contributed by atoms with Crippen LogP contribution in [0.2, 0.25) is 0 Å². The van der Waals surface area contributed by atoms with Gasteiger partial charge in [0.15, 0.2) is 0 Å². The minimum Gasteiger partial charge on any atom is -0.492 e. The first-order valence-electron chi connectivity index (χ1n) is 7.28. The number of hydrogen-bond donors (Lipinski definition) is 1. The standard InChI is InChI=1S/C16H27BrN2O/c1-13(2)15-12-14(17)6-7-16(15)20-11-9-18-8-5-10-19(3)4/h6-7,12-13,18H,5,8-11H2,1-4H3. The number of hydrogen-bond acceptors (Lipinski definition) is 3. The fraction of sp³-hybridized carbons (Fsp3) is 0.625. The molecule has 0 amide bonds. The molecule has 0 heterocycles. The first kappa shape index (κ1) is 17.5. The maximum absolute atomic E-state index is 5.89. The number of halogens is 1. The predicted octanol–water partition coefficient (Wildman–Crippen LogP) is 3.49. The number of ether oxygens (including phenoxy) is 1. The molecule has 0 atom stereocenters. The molecule has 0 fully saturated rings. The Kier molecular flexibility index (Phi) is 8.19. The summed E-state index contributed by atoms with van der Waals surface area (Å²) in [6.45, 7) is 8.14. The van der Waals surface area contributed by atoms with Crippen molar-refractivity contribution in [1.29, 1.82) is 0 Å². The molecule has 1 N–H and O–H groups in total. The van der Waals surface area contributed by atoms with Gasteiger partial charge in [-0.05, 0) is 63.3 Å². The quantitative estimate of drug-likeness (QED) is 0.695. The average molecular weight is 343 g/mol. The summed E-state index contributed by atoms with van der Waals surface area (Å²) in [6.07, 6.45) is 1.17. The van der Waals surface area contributed by atoms with E-state index in [0.29, 0.717) is 12.5 Å². The van der Waals surface area contributed by atoms with Gasteiger partial charge in [0.25, 0.3) is 0 Å². The topological polar surface area (TPSA) is 24.5 Å². The molecule has 0 aliphatic rings. The molecule has 0 bridgehead atoms. The van der Waals surface area contributed by atoms with Crippen LogP contribution in [0.25, 0.3) is 0 Å². The van der Waals surface area contributed by atoms with E-state index in [-0.39, 0.29) is 0 Å². The minimum atomic E-state index is 0.468. The second kappa shape index (κ2) is 9.37. The van der Waals surface area contributed by atoms with Gasteiger partial charge >= 0.3 is 0 Å². The number of nitrogens with one attached hydrogen (secondary N) is 1. The molecule has 0 saturated carbocycles. The van der Waals surface area contributed by atoms with E-state index in [9.17, 15) is 0 Å². The third-order valence-electron chi connectivity index (χ3n) is 3.09. The van der Waals surface area contributed by atoms with E-state index in [0.717, 1.165) is 29.9 Å². The first-order valence-corrected chi connectivity index (χ1v) is 8.07. The predicted molar refractivity (Wildman–Crippen MR) is 89.8 cm³/mol. The average Bonchev–Trinajstić information content (AvgIpc) is 2.38. The molecule has 1 aromatic carbocycles. The van der Waals surface area contributed by atoms with E-state index < -0.39 is 0 Å². The van der Waals surface area contributed by atoms with Crippen molar-refractivity contribution in [2.24, 2.45) is 0 Å². The number of rotatable bonds is 9. The summed E-state index contributed by atoms with van der Waals surface area (Å²) in [6, 6.07) is 6.22. The van der Waals surface area contributed by atoms with E-state index in [2.05, 4.69) is 60.2 Å². The lowest BCUT2D eigenvalue weighted by molar-refractivity contribution is 0.307. The Morgan fingerprint density at radius 3 is 2.65 bits per heavy atom. The third kappa shape index (κ3) is 6.73. The molecule has 0 unspecified atom stereocenters. The fourth-order valence-corrected chi connectivity index (χ4v) is 2.36. The lowest BCUT2D eigenvalue weighted by Gasteiger charge is -2.15. The van der Waals surface area contributed by atoms with Gasteiger partial charge in [0, 0.05) is 11.0 Å². The van der Waals surface area contributed by atoms with Crippen molar-refractivity contribution >= 4 is 15.9 Å². The lowest BCUT2D eigenvalue weighted by atomic mass is 10.0. The molecule has 3 nitrogen and oxygen atoms in total. The Balaban J connectivity index is 2.28. The Morgan fingerprint density at radius 1 is 1.25 bits per heavy atom. The summed E-state index contributed by atoms with van der Waals surface area (Å²) in [7, 11) is 4.20. The zero-order chi connectivity index (χ0) is 15.0. The van der Waals surface area contributed by atoms with Gasteiger partial charge in [-0.25, -0.2) is 0 Å². The van der Waals surface area contributed by atoms with Gasteiger partial charge in [-0.15, -0.1) is 0 Å². The van der Waals surface area contributed by atoms with Gasteiger partial charge in [-0.3, -0.25) is 0 Å². The molecule has 0 aromatic heterocycles. The third-order valence-corrected chi connectivity index (χ3v) is 3.58. The second-order valence-corrected chi connectivity index (χ2v) is 6.51. The van der Waals surface area contributed by atoms with Gasteiger partial charge in [0.2, 0.25) is 0 Å². The molecular weight excluding hydrogens is 316 g/mol. The molecule has 0 radical (unpaired) electrons. The van der Waals surface area contributed by atoms with Crippen LogP contribution in [-0.2, 0) is 0 Å². The van der Waals surface area contributed by atoms with E-state index in [1.54, 1.807) is 0 Å². The van der Waals surface area contributed by atoms with Gasteiger partial charge in [0.1, 0.15) is 12.4 Å². The Bertz CT molecular complexity index is 394. The van der Waals surface area contributed by atoms with Crippen LogP contribution < -0.4 is 10.1 Å². The smallest absolute Gasteiger partial charge is 0.122 e. The van der Waals surface area contributed by atoms with Crippen molar-refractivity contribution in [3.63, 3.8) is 0 Å². The molecular formula is C16H27BrN2O. The van der Waals surface area contributed by atoms with Crippen LogP contribution in [0.3, 0.4) is 0 Å². The van der Waals surface area contributed by atoms with Gasteiger partial charge in [-0.1, -0.05) is 29.8 Å². The lowest BCUT2D eigenvalue weighted by Crippen LogP contribution is -2.25. The molecule has 0 saturated heterocycles. The van der Waals surface area contributed by atoms with Crippen LogP contribution in [0.1, 0.15) is 31.7 Å². The van der Waals surface area contributed by atoms with Crippen LogP contribution in [0.4, 0.5) is 0 Å². The largest absolute Gasteiger partial charge is 0.492 e. The molecule has 1 rings (SSSR count). The normalized spacial score (nSPS) is 11.3. The summed E-state index contributed by atoms with van der Waals surface area (Å²) in [5.41, 5.74) is 1.26. The highest BCUT2D eigenvalue weighted by molar-refractivity contribution is 9.10. The Morgan fingerprint density at radius 2 is 2.00 bits per heavy atom. The summed E-state index contributed by atoms with van der Waals surface area (Å²) in [5.74, 6) is 1.47. The summed E-state index contributed by atoms with van der Waals surface area (Å²) < 4.78 is 6.99. The van der Waals surface area contributed by atoms with Crippen molar-refractivity contribution in [1.82, 2.24) is 10.2 Å². The maximum Gasteiger partial charge on any atom is 0.122 e. The van der Waals surface area contributed by atoms with Crippen molar-refractivity contribution in [2.45, 2.75) is 26.2 Å². The monoisotopic (exact) mass is 342 g/mol. The maximum atomic E-state index is 5.89. The van der Waals surface area contributed by atoms with Gasteiger partial charge < -0.3 is 15.0 Å². The van der Waals surface area contributed by atoms with E-state index in [1.807, 2.05) is 12.1 Å². The van der Waals surface area contributed by atoms with E-state index >= 15 is 0 Å². The summed E-state index contributed by atoms with van der Waals surface area (Å²) in [5, 5.41) is 3.41. The SMILES string of the molecule is CC(C)c1cc(Br)ccc1OCCNCCCN(C)C. The van der Waals surface area contributed by atoms with Gasteiger partial charge in [-0.2, -0.15) is 0 Å². The highest BCUT2D eigenvalue weighted by atomic mass is 79.9. The minimum absolute atomic E-state index is 0.468. The van der Waals surface area contributed by atoms with Crippen molar-refractivity contribution in [3.05, 3.63) is 28.2 Å².